The second-order valence-electron chi connectivity index (χ2n) is 4.22. The summed E-state index contributed by atoms with van der Waals surface area (Å²) in [7, 11) is 0. The van der Waals surface area contributed by atoms with Crippen LogP contribution in [-0.4, -0.2) is 45.7 Å². The van der Waals surface area contributed by atoms with Crippen LogP contribution < -0.4 is 0 Å². The fourth-order valence-electron chi connectivity index (χ4n) is 1.99. The van der Waals surface area contributed by atoms with E-state index in [1.807, 2.05) is 0 Å². The Labute approximate surface area is 109 Å². The lowest BCUT2D eigenvalue weighted by Crippen LogP contribution is -2.42. The Morgan fingerprint density at radius 2 is 2.05 bits per heavy atom. The third-order valence-corrected chi connectivity index (χ3v) is 2.62. The molecule has 104 valence electrons. The number of aromatic nitrogens is 3. The lowest BCUT2D eigenvalue weighted by atomic mass is 10.1. The second-order valence-corrected chi connectivity index (χ2v) is 4.22. The number of hydrogen-bond donors (Lipinski definition) is 0. The van der Waals surface area contributed by atoms with Gasteiger partial charge >= 0.3 is 11.9 Å². The van der Waals surface area contributed by atoms with Crippen molar-refractivity contribution in [1.82, 2.24) is 15.0 Å². The summed E-state index contributed by atoms with van der Waals surface area (Å²) < 4.78 is 17.3. The standard InChI is InChI=1S/C11H15N3O5/c1-7(15)18-9-5-10(19-8(2)16)11(17-6-9)14-4-3-12-13-14/h3-4,9-11H,5-6H2,1-2H3. The van der Waals surface area contributed by atoms with Crippen LogP contribution in [0, 0.1) is 0 Å². The summed E-state index contributed by atoms with van der Waals surface area (Å²) in [5.74, 6) is -0.823. The van der Waals surface area contributed by atoms with Gasteiger partial charge in [-0.25, -0.2) is 4.68 Å². The maximum Gasteiger partial charge on any atom is 0.303 e. The van der Waals surface area contributed by atoms with Gasteiger partial charge in [0.15, 0.2) is 12.3 Å². The molecule has 3 unspecified atom stereocenters. The van der Waals surface area contributed by atoms with E-state index in [1.165, 1.54) is 24.7 Å². The van der Waals surface area contributed by atoms with E-state index in [2.05, 4.69) is 10.3 Å². The van der Waals surface area contributed by atoms with Crippen LogP contribution in [0.1, 0.15) is 26.5 Å². The first-order chi connectivity index (χ1) is 9.06. The molecular weight excluding hydrogens is 254 g/mol. The van der Waals surface area contributed by atoms with Gasteiger partial charge in [-0.1, -0.05) is 5.21 Å². The van der Waals surface area contributed by atoms with Crippen molar-refractivity contribution in [2.24, 2.45) is 0 Å². The molecule has 2 heterocycles. The molecule has 0 radical (unpaired) electrons. The highest BCUT2D eigenvalue weighted by Gasteiger charge is 2.36. The zero-order valence-electron chi connectivity index (χ0n) is 10.7. The lowest BCUT2D eigenvalue weighted by molar-refractivity contribution is -0.197. The van der Waals surface area contributed by atoms with E-state index in [4.69, 9.17) is 14.2 Å². The molecule has 0 aromatic carbocycles. The van der Waals surface area contributed by atoms with Gasteiger partial charge in [0.1, 0.15) is 6.10 Å². The SMILES string of the molecule is CC(=O)OC1COC(n2ccnn2)C(OC(C)=O)C1. The highest BCUT2D eigenvalue weighted by atomic mass is 16.6. The summed E-state index contributed by atoms with van der Waals surface area (Å²) in [6.45, 7) is 2.86. The Bertz CT molecular complexity index is 447. The van der Waals surface area contributed by atoms with Gasteiger partial charge in [-0.05, 0) is 0 Å². The summed E-state index contributed by atoms with van der Waals surface area (Å²) >= 11 is 0. The maximum absolute atomic E-state index is 11.1. The normalized spacial score (nSPS) is 26.7. The predicted octanol–water partition coefficient (Wildman–Crippen LogP) is 0.0604. The van der Waals surface area contributed by atoms with Gasteiger partial charge in [-0.2, -0.15) is 0 Å². The number of rotatable bonds is 3. The molecule has 2 rings (SSSR count). The molecule has 1 aliphatic heterocycles. The van der Waals surface area contributed by atoms with Crippen LogP contribution in [0.2, 0.25) is 0 Å². The average Bonchev–Trinajstić information content (AvgIpc) is 2.81. The summed E-state index contributed by atoms with van der Waals surface area (Å²) in [6, 6.07) is 0. The summed E-state index contributed by atoms with van der Waals surface area (Å²) in [5, 5.41) is 7.51. The molecule has 1 fully saturated rings. The third-order valence-electron chi connectivity index (χ3n) is 2.62. The van der Waals surface area contributed by atoms with Crippen molar-refractivity contribution in [1.29, 1.82) is 0 Å². The Balaban J connectivity index is 2.07. The molecule has 1 aromatic heterocycles. The van der Waals surface area contributed by atoms with Crippen LogP contribution in [-0.2, 0) is 23.8 Å². The fraction of sp³-hybridized carbons (Fsp3) is 0.636. The fourth-order valence-corrected chi connectivity index (χ4v) is 1.99. The summed E-state index contributed by atoms with van der Waals surface area (Å²) in [5.41, 5.74) is 0. The van der Waals surface area contributed by atoms with E-state index < -0.39 is 30.4 Å². The first kappa shape index (κ1) is 13.5. The van der Waals surface area contributed by atoms with Crippen molar-refractivity contribution in [2.45, 2.75) is 38.7 Å². The molecule has 0 bridgehead atoms. The van der Waals surface area contributed by atoms with Gasteiger partial charge in [-0.3, -0.25) is 9.59 Å². The monoisotopic (exact) mass is 269 g/mol. The van der Waals surface area contributed by atoms with Crippen molar-refractivity contribution in [3.8, 4) is 0 Å². The first-order valence-electron chi connectivity index (χ1n) is 5.88. The van der Waals surface area contributed by atoms with E-state index in [0.29, 0.717) is 6.42 Å². The largest absolute Gasteiger partial charge is 0.460 e. The maximum atomic E-state index is 11.1. The molecule has 0 spiro atoms. The molecular formula is C11H15N3O5. The quantitative estimate of drug-likeness (QED) is 0.716. The predicted molar refractivity (Wildman–Crippen MR) is 60.7 cm³/mol. The van der Waals surface area contributed by atoms with Crippen molar-refractivity contribution >= 4 is 11.9 Å². The molecule has 0 saturated carbocycles. The van der Waals surface area contributed by atoms with Crippen LogP contribution >= 0.6 is 0 Å². The van der Waals surface area contributed by atoms with Gasteiger partial charge in [-0.15, -0.1) is 5.10 Å². The average molecular weight is 269 g/mol. The smallest absolute Gasteiger partial charge is 0.303 e. The first-order valence-corrected chi connectivity index (χ1v) is 5.88. The Kier molecular flexibility index (Phi) is 4.10. The molecule has 1 aliphatic rings. The van der Waals surface area contributed by atoms with Crippen molar-refractivity contribution < 1.29 is 23.8 Å². The number of nitrogens with zero attached hydrogens (tertiary/aromatic N) is 3. The Morgan fingerprint density at radius 1 is 1.32 bits per heavy atom. The van der Waals surface area contributed by atoms with Gasteiger partial charge in [0.2, 0.25) is 0 Å². The van der Waals surface area contributed by atoms with Crippen LogP contribution in [0.3, 0.4) is 0 Å². The lowest BCUT2D eigenvalue weighted by Gasteiger charge is -2.34. The number of carbonyl (C=O) groups is 2. The molecule has 3 atom stereocenters. The number of hydrogen-bond acceptors (Lipinski definition) is 7. The zero-order chi connectivity index (χ0) is 13.8. The van der Waals surface area contributed by atoms with E-state index >= 15 is 0 Å². The van der Waals surface area contributed by atoms with E-state index in [1.54, 1.807) is 6.20 Å². The molecule has 8 nitrogen and oxygen atoms in total. The molecule has 1 aromatic rings. The molecule has 1 saturated heterocycles. The third kappa shape index (κ3) is 3.50. The highest BCUT2D eigenvalue weighted by molar-refractivity contribution is 5.66. The van der Waals surface area contributed by atoms with Crippen LogP contribution in [0.25, 0.3) is 0 Å². The van der Waals surface area contributed by atoms with Crippen LogP contribution in [0.4, 0.5) is 0 Å². The van der Waals surface area contributed by atoms with Gasteiger partial charge in [0, 0.05) is 26.5 Å². The Morgan fingerprint density at radius 3 is 2.63 bits per heavy atom. The molecule has 0 amide bonds. The summed E-state index contributed by atoms with van der Waals surface area (Å²) in [4.78, 5) is 22.1. The minimum absolute atomic E-state index is 0.224. The zero-order valence-corrected chi connectivity index (χ0v) is 10.7. The van der Waals surface area contributed by atoms with Gasteiger partial charge < -0.3 is 14.2 Å². The number of ether oxygens (including phenoxy) is 3. The topological polar surface area (TPSA) is 92.5 Å². The van der Waals surface area contributed by atoms with Gasteiger partial charge in [0.05, 0.1) is 12.8 Å². The second kappa shape index (κ2) is 5.79. The number of carbonyl (C=O) groups excluding carboxylic acids is 2. The molecule has 19 heavy (non-hydrogen) atoms. The Hall–Kier alpha value is -1.96. The van der Waals surface area contributed by atoms with E-state index in [9.17, 15) is 9.59 Å². The van der Waals surface area contributed by atoms with Crippen molar-refractivity contribution in [3.05, 3.63) is 12.4 Å². The molecule has 0 aliphatic carbocycles. The van der Waals surface area contributed by atoms with Crippen LogP contribution in [0.15, 0.2) is 12.4 Å². The van der Waals surface area contributed by atoms with E-state index in [0.717, 1.165) is 0 Å². The van der Waals surface area contributed by atoms with Crippen LogP contribution in [0.5, 0.6) is 0 Å². The van der Waals surface area contributed by atoms with Crippen molar-refractivity contribution in [2.75, 3.05) is 6.61 Å². The number of esters is 2. The van der Waals surface area contributed by atoms with Gasteiger partial charge in [0.25, 0.3) is 0 Å². The minimum Gasteiger partial charge on any atom is -0.460 e. The highest BCUT2D eigenvalue weighted by Crippen LogP contribution is 2.27. The molecule has 8 heteroatoms. The summed E-state index contributed by atoms with van der Waals surface area (Å²) in [6.07, 6.45) is 1.93. The minimum atomic E-state index is -0.572. The molecule has 0 N–H and O–H groups in total. The van der Waals surface area contributed by atoms with E-state index in [-0.39, 0.29) is 6.61 Å². The van der Waals surface area contributed by atoms with Crippen molar-refractivity contribution in [3.63, 3.8) is 0 Å².